The summed E-state index contributed by atoms with van der Waals surface area (Å²) in [5.41, 5.74) is 8.51. The molecule has 122 valence electrons. The summed E-state index contributed by atoms with van der Waals surface area (Å²) in [4.78, 5) is 22.2. The van der Waals surface area contributed by atoms with Crippen LogP contribution in [0.1, 0.15) is 11.1 Å². The number of esters is 1. The van der Waals surface area contributed by atoms with Crippen LogP contribution in [0.25, 0.3) is 6.08 Å². The fraction of sp³-hybridized carbons (Fsp3) is 0. The van der Waals surface area contributed by atoms with Crippen LogP contribution in [-0.2, 0) is 4.79 Å². The van der Waals surface area contributed by atoms with E-state index in [1.165, 1.54) is 12.3 Å². The first-order valence-electron chi connectivity index (χ1n) is 6.87. The molecular weight excluding hydrogens is 330 g/mol. The number of urea groups is 1. The molecule has 0 unspecified atom stereocenters. The van der Waals surface area contributed by atoms with Crippen LogP contribution in [0.2, 0.25) is 5.02 Å². The first-order chi connectivity index (χ1) is 11.5. The Morgan fingerprint density at radius 3 is 2.29 bits per heavy atom. The van der Waals surface area contributed by atoms with Gasteiger partial charge in [0.05, 0.1) is 6.21 Å². The molecule has 2 aromatic rings. The van der Waals surface area contributed by atoms with Crippen molar-refractivity contribution in [1.29, 1.82) is 0 Å². The van der Waals surface area contributed by atoms with E-state index in [2.05, 4.69) is 10.5 Å². The molecule has 7 heteroatoms. The molecular formula is C17H14ClN3O3. The molecule has 0 aliphatic heterocycles. The number of carbonyl (C=O) groups excluding carboxylic acids is 2. The number of hydrazone groups is 1. The van der Waals surface area contributed by atoms with Crippen LogP contribution in [0, 0.1) is 0 Å². The van der Waals surface area contributed by atoms with Crippen molar-refractivity contribution in [3.63, 3.8) is 0 Å². The molecule has 2 rings (SSSR count). The Balaban J connectivity index is 1.90. The summed E-state index contributed by atoms with van der Waals surface area (Å²) >= 11 is 5.79. The van der Waals surface area contributed by atoms with Gasteiger partial charge in [0.15, 0.2) is 0 Å². The second-order valence-electron chi connectivity index (χ2n) is 4.61. The van der Waals surface area contributed by atoms with Gasteiger partial charge in [-0.2, -0.15) is 5.10 Å². The van der Waals surface area contributed by atoms with E-state index in [0.717, 1.165) is 5.56 Å². The summed E-state index contributed by atoms with van der Waals surface area (Å²) in [6.45, 7) is 0. The Labute approximate surface area is 143 Å². The Kier molecular flexibility index (Phi) is 6.10. The maximum absolute atomic E-state index is 11.8. The molecule has 0 saturated carbocycles. The maximum Gasteiger partial charge on any atom is 0.336 e. The number of primary amides is 1. The molecule has 0 radical (unpaired) electrons. The van der Waals surface area contributed by atoms with Gasteiger partial charge in [0.25, 0.3) is 0 Å². The minimum Gasteiger partial charge on any atom is -0.423 e. The minimum absolute atomic E-state index is 0.390. The van der Waals surface area contributed by atoms with Crippen molar-refractivity contribution < 1.29 is 14.3 Å². The summed E-state index contributed by atoms with van der Waals surface area (Å²) in [5, 5.41) is 4.25. The zero-order valence-corrected chi connectivity index (χ0v) is 13.2. The number of nitrogens with zero attached hydrogens (tertiary/aromatic N) is 1. The van der Waals surface area contributed by atoms with Crippen molar-refractivity contribution in [2.24, 2.45) is 10.8 Å². The lowest BCUT2D eigenvalue weighted by Gasteiger charge is -2.01. The van der Waals surface area contributed by atoms with E-state index in [0.29, 0.717) is 16.3 Å². The zero-order chi connectivity index (χ0) is 17.4. The summed E-state index contributed by atoms with van der Waals surface area (Å²) in [6, 6.07) is 12.9. The Morgan fingerprint density at radius 1 is 1.04 bits per heavy atom. The van der Waals surface area contributed by atoms with Gasteiger partial charge in [-0.05, 0) is 53.6 Å². The van der Waals surface area contributed by atoms with E-state index in [1.54, 1.807) is 54.6 Å². The van der Waals surface area contributed by atoms with E-state index in [4.69, 9.17) is 22.1 Å². The number of hydrogen-bond donors (Lipinski definition) is 2. The molecule has 0 aliphatic rings. The molecule has 0 bridgehead atoms. The molecule has 24 heavy (non-hydrogen) atoms. The first-order valence-corrected chi connectivity index (χ1v) is 7.25. The third-order valence-corrected chi connectivity index (χ3v) is 3.02. The third-order valence-electron chi connectivity index (χ3n) is 2.77. The van der Waals surface area contributed by atoms with Gasteiger partial charge >= 0.3 is 12.0 Å². The molecule has 0 saturated heterocycles. The fourth-order valence-corrected chi connectivity index (χ4v) is 1.81. The molecule has 0 aliphatic carbocycles. The molecule has 0 atom stereocenters. The number of benzene rings is 2. The SMILES string of the molecule is NC(=O)N/N=C/c1ccc(OC(=O)/C=C/c2ccc(Cl)cc2)cc1. The van der Waals surface area contributed by atoms with Crippen molar-refractivity contribution in [1.82, 2.24) is 5.43 Å². The molecule has 0 spiro atoms. The van der Waals surface area contributed by atoms with Gasteiger partial charge in [-0.25, -0.2) is 15.0 Å². The lowest BCUT2D eigenvalue weighted by Crippen LogP contribution is -2.24. The van der Waals surface area contributed by atoms with Crippen LogP contribution in [0.3, 0.4) is 0 Å². The van der Waals surface area contributed by atoms with Crippen molar-refractivity contribution in [3.05, 3.63) is 70.8 Å². The van der Waals surface area contributed by atoms with Gasteiger partial charge in [0, 0.05) is 11.1 Å². The molecule has 6 nitrogen and oxygen atoms in total. The van der Waals surface area contributed by atoms with Crippen LogP contribution in [0.4, 0.5) is 4.79 Å². The Hall–Kier alpha value is -3.12. The number of hydrogen-bond acceptors (Lipinski definition) is 4. The number of amides is 2. The van der Waals surface area contributed by atoms with Crippen LogP contribution in [0.5, 0.6) is 5.75 Å². The topological polar surface area (TPSA) is 93.8 Å². The first kappa shape index (κ1) is 17.2. The monoisotopic (exact) mass is 343 g/mol. The van der Waals surface area contributed by atoms with Gasteiger partial charge in [0.1, 0.15) is 5.75 Å². The quantitative estimate of drug-likeness (QED) is 0.287. The summed E-state index contributed by atoms with van der Waals surface area (Å²) in [7, 11) is 0. The summed E-state index contributed by atoms with van der Waals surface area (Å²) in [6.07, 6.45) is 4.38. The van der Waals surface area contributed by atoms with Gasteiger partial charge in [0.2, 0.25) is 0 Å². The van der Waals surface area contributed by atoms with E-state index in [-0.39, 0.29) is 0 Å². The fourth-order valence-electron chi connectivity index (χ4n) is 1.68. The Morgan fingerprint density at radius 2 is 1.67 bits per heavy atom. The average molecular weight is 344 g/mol. The smallest absolute Gasteiger partial charge is 0.336 e. The number of nitrogens with one attached hydrogen (secondary N) is 1. The maximum atomic E-state index is 11.8. The van der Waals surface area contributed by atoms with Crippen LogP contribution >= 0.6 is 11.6 Å². The Bertz CT molecular complexity index is 769. The molecule has 2 amide bonds. The number of ether oxygens (including phenoxy) is 1. The largest absolute Gasteiger partial charge is 0.423 e. The third kappa shape index (κ3) is 5.94. The van der Waals surface area contributed by atoms with Crippen molar-refractivity contribution in [2.75, 3.05) is 0 Å². The van der Waals surface area contributed by atoms with E-state index in [1.807, 2.05) is 0 Å². The van der Waals surface area contributed by atoms with Crippen LogP contribution in [-0.4, -0.2) is 18.2 Å². The van der Waals surface area contributed by atoms with Crippen LogP contribution < -0.4 is 15.9 Å². The number of halogens is 1. The average Bonchev–Trinajstić information content (AvgIpc) is 2.56. The molecule has 0 aromatic heterocycles. The normalized spacial score (nSPS) is 10.9. The van der Waals surface area contributed by atoms with Crippen LogP contribution in [0.15, 0.2) is 59.7 Å². The lowest BCUT2D eigenvalue weighted by atomic mass is 10.2. The molecule has 0 heterocycles. The highest BCUT2D eigenvalue weighted by Gasteiger charge is 2.00. The number of carbonyl (C=O) groups is 2. The van der Waals surface area contributed by atoms with Gasteiger partial charge in [-0.3, -0.25) is 0 Å². The number of rotatable bonds is 5. The van der Waals surface area contributed by atoms with E-state index in [9.17, 15) is 9.59 Å². The van der Waals surface area contributed by atoms with Gasteiger partial charge in [-0.15, -0.1) is 0 Å². The standard InChI is InChI=1S/C17H14ClN3O3/c18-14-6-1-12(2-7-14)5-10-16(22)24-15-8-3-13(4-9-15)11-20-21-17(19)23/h1-11H,(H3,19,21,23)/b10-5+,20-11+. The zero-order valence-electron chi connectivity index (χ0n) is 12.5. The van der Waals surface area contributed by atoms with Crippen molar-refractivity contribution in [3.8, 4) is 5.75 Å². The number of nitrogens with two attached hydrogens (primary N) is 1. The summed E-state index contributed by atoms with van der Waals surface area (Å²) < 4.78 is 5.17. The van der Waals surface area contributed by atoms with E-state index >= 15 is 0 Å². The predicted octanol–water partition coefficient (Wildman–Crippen LogP) is 2.96. The lowest BCUT2D eigenvalue weighted by molar-refractivity contribution is -0.128. The highest BCUT2D eigenvalue weighted by atomic mass is 35.5. The summed E-state index contributed by atoms with van der Waals surface area (Å²) in [5.74, 6) is -0.109. The van der Waals surface area contributed by atoms with E-state index < -0.39 is 12.0 Å². The van der Waals surface area contributed by atoms with Crippen molar-refractivity contribution >= 4 is 35.9 Å². The van der Waals surface area contributed by atoms with Gasteiger partial charge < -0.3 is 10.5 Å². The molecule has 0 fully saturated rings. The highest BCUT2D eigenvalue weighted by molar-refractivity contribution is 6.30. The van der Waals surface area contributed by atoms with Crippen molar-refractivity contribution in [2.45, 2.75) is 0 Å². The predicted molar refractivity (Wildman–Crippen MR) is 92.9 cm³/mol. The van der Waals surface area contributed by atoms with Gasteiger partial charge in [-0.1, -0.05) is 23.7 Å². The second-order valence-corrected chi connectivity index (χ2v) is 5.05. The minimum atomic E-state index is -0.746. The second kappa shape index (κ2) is 8.50. The molecule has 2 aromatic carbocycles. The highest BCUT2D eigenvalue weighted by Crippen LogP contribution is 2.13. The molecule has 3 N–H and O–H groups in total.